The molecular formula is C7H7F3. The lowest BCUT2D eigenvalue weighted by Gasteiger charge is -2.11. The predicted molar refractivity (Wildman–Crippen MR) is 32.5 cm³/mol. The molecule has 10 heavy (non-hydrogen) atoms. The lowest BCUT2D eigenvalue weighted by molar-refractivity contribution is -0.0940. The second-order valence-electron chi connectivity index (χ2n) is 2.01. The fourth-order valence-corrected chi connectivity index (χ4v) is 0.724. The molecule has 0 aromatic carbocycles. The van der Waals surface area contributed by atoms with Gasteiger partial charge < -0.3 is 0 Å². The summed E-state index contributed by atoms with van der Waals surface area (Å²) in [6, 6.07) is 0. The summed E-state index contributed by atoms with van der Waals surface area (Å²) >= 11 is 0. The molecule has 0 saturated heterocycles. The van der Waals surface area contributed by atoms with Crippen molar-refractivity contribution in [3.63, 3.8) is 0 Å². The van der Waals surface area contributed by atoms with Crippen LogP contribution in [0.2, 0.25) is 0 Å². The van der Waals surface area contributed by atoms with Gasteiger partial charge in [0.15, 0.2) is 0 Å². The van der Waals surface area contributed by atoms with Crippen LogP contribution in [0.5, 0.6) is 0 Å². The molecule has 0 fully saturated rings. The molecule has 0 bridgehead atoms. The first-order valence-electron chi connectivity index (χ1n) is 3.44. The lowest BCUT2D eigenvalue weighted by Crippen LogP contribution is -2.12. The van der Waals surface area contributed by atoms with Crippen LogP contribution in [0.25, 0.3) is 0 Å². The highest BCUT2D eigenvalue weighted by Crippen LogP contribution is 2.30. The molecule has 0 aliphatic heterocycles. The Morgan fingerprint density at radius 1 is 1.50 bits per heavy atom. The van der Waals surface area contributed by atoms with Crippen molar-refractivity contribution < 1.29 is 14.5 Å². The number of hydrogen-bond donors (Lipinski definition) is 0. The number of alkyl halides is 3. The van der Waals surface area contributed by atoms with Gasteiger partial charge in [-0.1, -0.05) is 18.2 Å². The van der Waals surface area contributed by atoms with Crippen LogP contribution in [-0.4, -0.2) is 6.18 Å². The molecule has 0 unspecified atom stereocenters. The average Bonchev–Trinajstić information content (AvgIpc) is 1.86. The third kappa shape index (κ3) is 1.62. The molecule has 0 aromatic rings. The molecule has 0 radical (unpaired) electrons. The van der Waals surface area contributed by atoms with Gasteiger partial charge >= 0.3 is 6.18 Å². The normalized spacial score (nSPS) is 27.7. The van der Waals surface area contributed by atoms with E-state index in [1.165, 1.54) is 12.2 Å². The zero-order valence-electron chi connectivity index (χ0n) is 6.15. The van der Waals surface area contributed by atoms with Gasteiger partial charge in [-0.3, -0.25) is 0 Å². The van der Waals surface area contributed by atoms with Crippen molar-refractivity contribution in [2.45, 2.75) is 19.0 Å². The van der Waals surface area contributed by atoms with Crippen molar-refractivity contribution in [1.82, 2.24) is 0 Å². The Balaban J connectivity index is 2.75. The van der Waals surface area contributed by atoms with Gasteiger partial charge in [0.1, 0.15) is 0 Å². The third-order valence-corrected chi connectivity index (χ3v) is 1.25. The van der Waals surface area contributed by atoms with E-state index in [0.29, 0.717) is 0 Å². The maximum absolute atomic E-state index is 11.9. The highest BCUT2D eigenvalue weighted by molar-refractivity contribution is 5.21. The van der Waals surface area contributed by atoms with Crippen LogP contribution < -0.4 is 0 Å². The molecule has 0 saturated carbocycles. The first-order chi connectivity index (χ1) is 5.00. The van der Waals surface area contributed by atoms with Gasteiger partial charge in [0, 0.05) is 6.94 Å². The minimum Gasteiger partial charge on any atom is -0.166 e. The molecule has 0 amide bonds. The molecule has 1 aliphatic carbocycles. The maximum atomic E-state index is 11.9. The molecule has 0 nitrogen and oxygen atoms in total. The SMILES string of the molecule is [2H][C@H]1C=CC=C(C(F)(F)F)C1. The van der Waals surface area contributed by atoms with Crippen LogP contribution in [0.4, 0.5) is 13.2 Å². The summed E-state index contributed by atoms with van der Waals surface area (Å²) < 4.78 is 42.8. The van der Waals surface area contributed by atoms with E-state index in [-0.39, 0.29) is 6.42 Å². The van der Waals surface area contributed by atoms with Crippen LogP contribution in [0.15, 0.2) is 23.8 Å². The summed E-state index contributed by atoms with van der Waals surface area (Å²) in [7, 11) is 0. The Labute approximate surface area is 58.4 Å². The first-order valence-corrected chi connectivity index (χ1v) is 2.87. The summed E-state index contributed by atoms with van der Waals surface area (Å²) in [6.45, 7) is 0. The van der Waals surface area contributed by atoms with E-state index in [0.717, 1.165) is 6.08 Å². The summed E-state index contributed by atoms with van der Waals surface area (Å²) in [4.78, 5) is 0. The van der Waals surface area contributed by atoms with E-state index in [9.17, 15) is 13.2 Å². The van der Waals surface area contributed by atoms with Crippen LogP contribution in [0.3, 0.4) is 0 Å². The molecule has 3 heteroatoms. The quantitative estimate of drug-likeness (QED) is 0.496. The van der Waals surface area contributed by atoms with E-state index in [1.807, 2.05) is 0 Å². The molecule has 0 aromatic heterocycles. The molecular weight excluding hydrogens is 141 g/mol. The highest BCUT2D eigenvalue weighted by Gasteiger charge is 2.32. The minimum absolute atomic E-state index is 0.222. The standard InChI is InChI=1S/C7H7F3/c8-7(9,10)6-4-2-1-3-5-6/h1-2,4H,3,5H2/i3D/t3-/m0/s1. The van der Waals surface area contributed by atoms with Crippen LogP contribution in [0.1, 0.15) is 14.2 Å². The van der Waals surface area contributed by atoms with Gasteiger partial charge in [-0.2, -0.15) is 13.2 Å². The average molecular weight is 149 g/mol. The Kier molecular flexibility index (Phi) is 1.49. The minimum atomic E-state index is -4.26. The second kappa shape index (κ2) is 2.48. The molecule has 56 valence electrons. The third-order valence-electron chi connectivity index (χ3n) is 1.25. The van der Waals surface area contributed by atoms with E-state index in [2.05, 4.69) is 0 Å². The zero-order chi connectivity index (χ0) is 8.48. The van der Waals surface area contributed by atoms with Gasteiger partial charge in [0.25, 0.3) is 0 Å². The van der Waals surface area contributed by atoms with Crippen LogP contribution >= 0.6 is 0 Å². The topological polar surface area (TPSA) is 0 Å². The Morgan fingerprint density at radius 2 is 2.20 bits per heavy atom. The number of hydrogen-bond acceptors (Lipinski definition) is 0. The fraction of sp³-hybridized carbons (Fsp3) is 0.429. The maximum Gasteiger partial charge on any atom is 0.412 e. The summed E-state index contributed by atoms with van der Waals surface area (Å²) in [5.74, 6) is 0. The first kappa shape index (κ1) is 6.01. The number of rotatable bonds is 0. The monoisotopic (exact) mass is 149 g/mol. The lowest BCUT2D eigenvalue weighted by atomic mass is 10.1. The van der Waals surface area contributed by atoms with E-state index in [1.54, 1.807) is 0 Å². The summed E-state index contributed by atoms with van der Waals surface area (Å²) in [6.07, 6.45) is -1.48. The number of halogens is 3. The van der Waals surface area contributed by atoms with Gasteiger partial charge in [-0.25, -0.2) is 0 Å². The Hall–Kier alpha value is -0.730. The van der Waals surface area contributed by atoms with E-state index in [4.69, 9.17) is 1.37 Å². The predicted octanol–water partition coefficient (Wildman–Crippen LogP) is 2.83. The second-order valence-corrected chi connectivity index (χ2v) is 2.01. The van der Waals surface area contributed by atoms with Crippen molar-refractivity contribution in [3.8, 4) is 0 Å². The summed E-state index contributed by atoms with van der Waals surface area (Å²) in [5, 5.41) is 0. The van der Waals surface area contributed by atoms with Gasteiger partial charge in [-0.05, 0) is 12.8 Å². The van der Waals surface area contributed by atoms with Crippen molar-refractivity contribution >= 4 is 0 Å². The van der Waals surface area contributed by atoms with Crippen molar-refractivity contribution in [3.05, 3.63) is 23.8 Å². The zero-order valence-corrected chi connectivity index (χ0v) is 5.15. The largest absolute Gasteiger partial charge is 0.412 e. The Morgan fingerprint density at radius 3 is 2.60 bits per heavy atom. The highest BCUT2D eigenvalue weighted by atomic mass is 19.4. The van der Waals surface area contributed by atoms with Crippen LogP contribution in [0, 0.1) is 0 Å². The molecule has 0 heterocycles. The van der Waals surface area contributed by atoms with Crippen molar-refractivity contribution in [1.29, 1.82) is 0 Å². The Bertz CT molecular complexity index is 202. The molecule has 1 atom stereocenters. The smallest absolute Gasteiger partial charge is 0.166 e. The van der Waals surface area contributed by atoms with Crippen molar-refractivity contribution in [2.75, 3.05) is 0 Å². The van der Waals surface area contributed by atoms with E-state index >= 15 is 0 Å². The molecule has 0 N–H and O–H groups in total. The van der Waals surface area contributed by atoms with Gasteiger partial charge in [-0.15, -0.1) is 0 Å². The van der Waals surface area contributed by atoms with Crippen molar-refractivity contribution in [2.24, 2.45) is 0 Å². The van der Waals surface area contributed by atoms with Gasteiger partial charge in [0.2, 0.25) is 0 Å². The van der Waals surface area contributed by atoms with Crippen LogP contribution in [-0.2, 0) is 0 Å². The summed E-state index contributed by atoms with van der Waals surface area (Å²) in [5.41, 5.74) is -0.611. The van der Waals surface area contributed by atoms with E-state index < -0.39 is 18.1 Å². The molecule has 1 aliphatic rings. The fourth-order valence-electron chi connectivity index (χ4n) is 0.724. The number of allylic oxidation sites excluding steroid dienone is 4. The molecule has 1 rings (SSSR count). The van der Waals surface area contributed by atoms with Gasteiger partial charge in [0.05, 0.1) is 0 Å². The molecule has 0 spiro atoms.